The van der Waals surface area contributed by atoms with E-state index in [1.54, 1.807) is 44.2 Å². The number of aliphatic carboxylic acids is 1. The zero-order chi connectivity index (χ0) is 13.8. The number of benzene rings is 1. The third-order valence-electron chi connectivity index (χ3n) is 3.15. The average molecular weight is 249 g/mol. The molecule has 0 aliphatic rings. The predicted octanol–water partition coefficient (Wildman–Crippen LogP) is 2.36. The first-order valence-corrected chi connectivity index (χ1v) is 5.97. The number of hydrogen-bond donors (Lipinski definition) is 2. The second kappa shape index (κ2) is 5.67. The molecule has 4 nitrogen and oxygen atoms in total. The van der Waals surface area contributed by atoms with Crippen LogP contribution in [-0.4, -0.2) is 17.0 Å². The van der Waals surface area contributed by atoms with Crippen LogP contribution in [0.15, 0.2) is 30.3 Å². The molecule has 0 bridgehead atoms. The summed E-state index contributed by atoms with van der Waals surface area (Å²) < 4.78 is 0. The zero-order valence-electron chi connectivity index (χ0n) is 10.9. The highest BCUT2D eigenvalue weighted by Gasteiger charge is 2.30. The van der Waals surface area contributed by atoms with Crippen LogP contribution >= 0.6 is 0 Å². The normalized spacial score (nSPS) is 12.8. The number of carbonyl (C=O) groups is 2. The Balaban J connectivity index is 2.90. The number of hydrogen-bond acceptors (Lipinski definition) is 2. The highest BCUT2D eigenvalue weighted by Crippen LogP contribution is 2.22. The quantitative estimate of drug-likeness (QED) is 0.841. The van der Waals surface area contributed by atoms with Crippen LogP contribution in [0.5, 0.6) is 0 Å². The minimum absolute atomic E-state index is 0.249. The Morgan fingerprint density at radius 1 is 1.28 bits per heavy atom. The first-order chi connectivity index (χ1) is 8.38. The van der Waals surface area contributed by atoms with Gasteiger partial charge in [-0.3, -0.25) is 4.79 Å². The topological polar surface area (TPSA) is 66.4 Å². The molecule has 1 rings (SSSR count). The van der Waals surface area contributed by atoms with Gasteiger partial charge >= 0.3 is 5.97 Å². The van der Waals surface area contributed by atoms with Crippen molar-refractivity contribution < 1.29 is 14.7 Å². The number of amides is 1. The summed E-state index contributed by atoms with van der Waals surface area (Å²) in [6, 6.07) is 7.70. The maximum atomic E-state index is 12.0. The molecule has 0 aliphatic heterocycles. The lowest BCUT2D eigenvalue weighted by molar-refractivity contribution is -0.143. The molecule has 1 amide bonds. The molecule has 0 fully saturated rings. The van der Waals surface area contributed by atoms with Crippen molar-refractivity contribution >= 4 is 11.9 Å². The molecule has 0 spiro atoms. The standard InChI is InChI=1S/C14H19NO3/c1-4-14(2,3)13(18)15-11(12(16)17)10-8-6-5-7-9-10/h5-9,11H,4H2,1-3H3,(H,15,18)(H,16,17)/t11-/m0/s1. The van der Waals surface area contributed by atoms with Crippen molar-refractivity contribution in [3.8, 4) is 0 Å². The molecule has 0 unspecified atom stereocenters. The fourth-order valence-electron chi connectivity index (χ4n) is 1.42. The van der Waals surface area contributed by atoms with Crippen LogP contribution in [0, 0.1) is 5.41 Å². The van der Waals surface area contributed by atoms with E-state index in [0.717, 1.165) is 0 Å². The minimum atomic E-state index is -1.05. The van der Waals surface area contributed by atoms with E-state index in [2.05, 4.69) is 5.32 Å². The third kappa shape index (κ3) is 3.32. The van der Waals surface area contributed by atoms with Crippen molar-refractivity contribution in [2.75, 3.05) is 0 Å². The second-order valence-electron chi connectivity index (χ2n) is 4.89. The molecule has 0 saturated carbocycles. The van der Waals surface area contributed by atoms with E-state index in [-0.39, 0.29) is 5.91 Å². The van der Waals surface area contributed by atoms with E-state index in [4.69, 9.17) is 0 Å². The molecule has 0 heterocycles. The average Bonchev–Trinajstić information content (AvgIpc) is 2.36. The minimum Gasteiger partial charge on any atom is -0.479 e. The molecule has 4 heteroatoms. The molecule has 1 atom stereocenters. The van der Waals surface area contributed by atoms with Gasteiger partial charge in [0.25, 0.3) is 0 Å². The van der Waals surface area contributed by atoms with Gasteiger partial charge in [0.05, 0.1) is 0 Å². The summed E-state index contributed by atoms with van der Waals surface area (Å²) in [6.45, 7) is 5.50. The Hall–Kier alpha value is -1.84. The van der Waals surface area contributed by atoms with Crippen molar-refractivity contribution in [2.24, 2.45) is 5.41 Å². The number of carboxylic acid groups (broad SMARTS) is 1. The van der Waals surface area contributed by atoms with Gasteiger partial charge in [-0.1, -0.05) is 51.1 Å². The Kier molecular flexibility index (Phi) is 4.48. The van der Waals surface area contributed by atoms with E-state index < -0.39 is 17.4 Å². The summed E-state index contributed by atoms with van der Waals surface area (Å²) in [7, 11) is 0. The van der Waals surface area contributed by atoms with E-state index in [1.807, 2.05) is 6.92 Å². The summed E-state index contributed by atoms with van der Waals surface area (Å²) in [5, 5.41) is 11.8. The van der Waals surface area contributed by atoms with Gasteiger partial charge in [0.15, 0.2) is 6.04 Å². The van der Waals surface area contributed by atoms with Crippen molar-refractivity contribution in [3.05, 3.63) is 35.9 Å². The van der Waals surface area contributed by atoms with E-state index in [0.29, 0.717) is 12.0 Å². The van der Waals surface area contributed by atoms with Crippen LogP contribution in [0.25, 0.3) is 0 Å². The third-order valence-corrected chi connectivity index (χ3v) is 3.15. The Morgan fingerprint density at radius 2 is 1.83 bits per heavy atom. The fraction of sp³-hybridized carbons (Fsp3) is 0.429. The smallest absolute Gasteiger partial charge is 0.330 e. The van der Waals surface area contributed by atoms with Crippen molar-refractivity contribution in [1.29, 1.82) is 0 Å². The monoisotopic (exact) mass is 249 g/mol. The van der Waals surface area contributed by atoms with Crippen molar-refractivity contribution in [1.82, 2.24) is 5.32 Å². The molecule has 0 saturated heterocycles. The Morgan fingerprint density at radius 3 is 2.28 bits per heavy atom. The molecule has 1 aromatic carbocycles. The molecule has 0 aliphatic carbocycles. The number of rotatable bonds is 5. The Bertz CT molecular complexity index is 426. The van der Waals surface area contributed by atoms with Crippen LogP contribution in [0.1, 0.15) is 38.8 Å². The van der Waals surface area contributed by atoms with Gasteiger partial charge in [-0.25, -0.2) is 4.79 Å². The summed E-state index contributed by atoms with van der Waals surface area (Å²) in [4.78, 5) is 23.2. The molecular formula is C14H19NO3. The largest absolute Gasteiger partial charge is 0.479 e. The van der Waals surface area contributed by atoms with Crippen LogP contribution in [0.2, 0.25) is 0 Å². The molecule has 0 aromatic heterocycles. The number of carboxylic acids is 1. The molecule has 98 valence electrons. The Labute approximate surface area is 107 Å². The van der Waals surface area contributed by atoms with Crippen molar-refractivity contribution in [2.45, 2.75) is 33.2 Å². The van der Waals surface area contributed by atoms with Gasteiger partial charge < -0.3 is 10.4 Å². The van der Waals surface area contributed by atoms with Gasteiger partial charge in [-0.15, -0.1) is 0 Å². The molecular weight excluding hydrogens is 230 g/mol. The molecule has 0 radical (unpaired) electrons. The van der Waals surface area contributed by atoms with Crippen LogP contribution in [-0.2, 0) is 9.59 Å². The van der Waals surface area contributed by atoms with E-state index >= 15 is 0 Å². The van der Waals surface area contributed by atoms with Gasteiger partial charge in [0.2, 0.25) is 5.91 Å². The molecule has 18 heavy (non-hydrogen) atoms. The van der Waals surface area contributed by atoms with Gasteiger partial charge in [-0.2, -0.15) is 0 Å². The lowest BCUT2D eigenvalue weighted by Gasteiger charge is -2.24. The zero-order valence-corrected chi connectivity index (χ0v) is 10.9. The van der Waals surface area contributed by atoms with Crippen LogP contribution in [0.4, 0.5) is 0 Å². The summed E-state index contributed by atoms with van der Waals surface area (Å²) >= 11 is 0. The predicted molar refractivity (Wildman–Crippen MR) is 69.0 cm³/mol. The maximum Gasteiger partial charge on any atom is 0.330 e. The number of nitrogens with one attached hydrogen (secondary N) is 1. The van der Waals surface area contributed by atoms with Crippen molar-refractivity contribution in [3.63, 3.8) is 0 Å². The lowest BCUT2D eigenvalue weighted by atomic mass is 9.88. The first-order valence-electron chi connectivity index (χ1n) is 5.97. The summed E-state index contributed by atoms with van der Waals surface area (Å²) in [6.07, 6.45) is 0.653. The lowest BCUT2D eigenvalue weighted by Crippen LogP contribution is -2.41. The highest BCUT2D eigenvalue weighted by atomic mass is 16.4. The molecule has 2 N–H and O–H groups in total. The van der Waals surface area contributed by atoms with E-state index in [9.17, 15) is 14.7 Å². The molecule has 1 aromatic rings. The first kappa shape index (κ1) is 14.2. The second-order valence-corrected chi connectivity index (χ2v) is 4.89. The summed E-state index contributed by atoms with van der Waals surface area (Å²) in [5.41, 5.74) is 0.00732. The highest BCUT2D eigenvalue weighted by molar-refractivity contribution is 5.87. The van der Waals surface area contributed by atoms with Gasteiger partial charge in [-0.05, 0) is 12.0 Å². The SMILES string of the molecule is CCC(C)(C)C(=O)N[C@H](C(=O)O)c1ccccc1. The fourth-order valence-corrected chi connectivity index (χ4v) is 1.42. The van der Waals surface area contributed by atoms with Gasteiger partial charge in [0, 0.05) is 5.41 Å². The maximum absolute atomic E-state index is 12.0. The van der Waals surface area contributed by atoms with Gasteiger partial charge in [0.1, 0.15) is 0 Å². The van der Waals surface area contributed by atoms with Crippen LogP contribution < -0.4 is 5.32 Å². The van der Waals surface area contributed by atoms with Crippen LogP contribution in [0.3, 0.4) is 0 Å². The van der Waals surface area contributed by atoms with E-state index in [1.165, 1.54) is 0 Å². The summed E-state index contributed by atoms with van der Waals surface area (Å²) in [5.74, 6) is -1.30. The number of carbonyl (C=O) groups excluding carboxylic acids is 1.